The number of rotatable bonds is 6. The highest BCUT2D eigenvalue weighted by Gasteiger charge is 2.36. The number of likely N-dealkylation sites (tertiary alicyclic amines) is 1. The summed E-state index contributed by atoms with van der Waals surface area (Å²) in [6, 6.07) is 0. The Hall–Kier alpha value is -0.160. The molecule has 0 spiro atoms. The molecular formula is C12H24N2O2. The van der Waals surface area contributed by atoms with Crippen molar-refractivity contribution < 1.29 is 10.2 Å². The van der Waals surface area contributed by atoms with Gasteiger partial charge in [0.25, 0.3) is 0 Å². The molecule has 2 rings (SSSR count). The van der Waals surface area contributed by atoms with Crippen molar-refractivity contribution in [3.05, 3.63) is 0 Å². The monoisotopic (exact) mass is 228 g/mol. The molecule has 1 atom stereocenters. The van der Waals surface area contributed by atoms with Crippen molar-refractivity contribution in [2.75, 3.05) is 32.8 Å². The number of β-amino-alcohol motifs (C(OH)–C–C–N with tert-alkyl or cyclic N) is 1. The van der Waals surface area contributed by atoms with Crippen LogP contribution in [-0.2, 0) is 0 Å². The highest BCUT2D eigenvalue weighted by molar-refractivity contribution is 4.95. The van der Waals surface area contributed by atoms with Gasteiger partial charge in [0.15, 0.2) is 0 Å². The van der Waals surface area contributed by atoms with Crippen LogP contribution in [0.5, 0.6) is 0 Å². The number of aliphatic hydroxyl groups excluding tert-OH is 2. The van der Waals surface area contributed by atoms with Gasteiger partial charge in [-0.3, -0.25) is 0 Å². The van der Waals surface area contributed by atoms with Crippen molar-refractivity contribution >= 4 is 0 Å². The maximum absolute atomic E-state index is 9.90. The molecule has 3 N–H and O–H groups in total. The van der Waals surface area contributed by atoms with Gasteiger partial charge in [0.1, 0.15) is 0 Å². The molecule has 1 aliphatic heterocycles. The second-order valence-electron chi connectivity index (χ2n) is 5.33. The Morgan fingerprint density at radius 2 is 1.88 bits per heavy atom. The molecule has 2 fully saturated rings. The Kier molecular flexibility index (Phi) is 4.19. The van der Waals surface area contributed by atoms with E-state index in [1.807, 2.05) is 0 Å². The van der Waals surface area contributed by atoms with Crippen molar-refractivity contribution in [1.29, 1.82) is 0 Å². The lowest BCUT2D eigenvalue weighted by Gasteiger charge is -2.42. The minimum absolute atomic E-state index is 0.0774. The van der Waals surface area contributed by atoms with E-state index in [0.29, 0.717) is 6.54 Å². The number of hydrogen-bond acceptors (Lipinski definition) is 4. The summed E-state index contributed by atoms with van der Waals surface area (Å²) in [4.78, 5) is 2.32. The van der Waals surface area contributed by atoms with Crippen LogP contribution in [0.25, 0.3) is 0 Å². The highest BCUT2D eigenvalue weighted by Crippen LogP contribution is 2.30. The van der Waals surface area contributed by atoms with Gasteiger partial charge in [0, 0.05) is 18.6 Å². The van der Waals surface area contributed by atoms with Crippen LogP contribution < -0.4 is 5.32 Å². The number of aliphatic hydroxyl groups is 2. The number of hydrogen-bond donors (Lipinski definition) is 3. The smallest absolute Gasteiger partial charge is 0.0791 e. The standard InChI is InChI=1S/C12H24N2O2/c15-10-12(4-3-5-12)13-8-11(16)9-14-6-1-2-7-14/h11,13,15-16H,1-10H2. The molecule has 1 aliphatic carbocycles. The predicted octanol–water partition coefficient (Wildman–Crippen LogP) is -0.0523. The first-order valence-corrected chi connectivity index (χ1v) is 6.50. The van der Waals surface area contributed by atoms with E-state index in [9.17, 15) is 10.2 Å². The molecular weight excluding hydrogens is 204 g/mol. The van der Waals surface area contributed by atoms with E-state index in [1.165, 1.54) is 19.3 Å². The molecule has 0 amide bonds. The molecule has 1 saturated heterocycles. The van der Waals surface area contributed by atoms with Gasteiger partial charge in [-0.15, -0.1) is 0 Å². The Bertz CT molecular complexity index is 208. The van der Waals surface area contributed by atoms with E-state index in [-0.39, 0.29) is 18.2 Å². The third kappa shape index (κ3) is 2.94. The third-order valence-electron chi connectivity index (χ3n) is 3.99. The Balaban J connectivity index is 1.64. The van der Waals surface area contributed by atoms with Crippen molar-refractivity contribution in [1.82, 2.24) is 10.2 Å². The summed E-state index contributed by atoms with van der Waals surface area (Å²) in [5.41, 5.74) is -0.0774. The first-order valence-electron chi connectivity index (χ1n) is 6.50. The fourth-order valence-electron chi connectivity index (χ4n) is 2.66. The molecule has 1 unspecified atom stereocenters. The van der Waals surface area contributed by atoms with Crippen LogP contribution in [0.4, 0.5) is 0 Å². The zero-order valence-corrected chi connectivity index (χ0v) is 9.99. The average molecular weight is 228 g/mol. The molecule has 0 aromatic rings. The van der Waals surface area contributed by atoms with Gasteiger partial charge in [-0.05, 0) is 45.2 Å². The van der Waals surface area contributed by atoms with E-state index >= 15 is 0 Å². The molecule has 1 saturated carbocycles. The minimum Gasteiger partial charge on any atom is -0.394 e. The van der Waals surface area contributed by atoms with E-state index in [4.69, 9.17) is 0 Å². The maximum atomic E-state index is 9.90. The van der Waals surface area contributed by atoms with Crippen LogP contribution >= 0.6 is 0 Å². The fourth-order valence-corrected chi connectivity index (χ4v) is 2.66. The zero-order valence-electron chi connectivity index (χ0n) is 9.99. The molecule has 94 valence electrons. The minimum atomic E-state index is -0.304. The first-order chi connectivity index (χ1) is 7.74. The highest BCUT2D eigenvalue weighted by atomic mass is 16.3. The van der Waals surface area contributed by atoms with Gasteiger partial charge in [0.05, 0.1) is 12.7 Å². The van der Waals surface area contributed by atoms with Crippen LogP contribution in [0.2, 0.25) is 0 Å². The van der Waals surface area contributed by atoms with Gasteiger partial charge in [-0.1, -0.05) is 0 Å². The SMILES string of the molecule is OCC1(NCC(O)CN2CCCC2)CCC1. The van der Waals surface area contributed by atoms with Crippen molar-refractivity contribution in [2.24, 2.45) is 0 Å². The molecule has 0 aromatic carbocycles. The Morgan fingerprint density at radius 1 is 1.19 bits per heavy atom. The number of nitrogens with zero attached hydrogens (tertiary/aromatic N) is 1. The van der Waals surface area contributed by atoms with Gasteiger partial charge in [-0.2, -0.15) is 0 Å². The zero-order chi connectivity index (χ0) is 11.4. The average Bonchev–Trinajstić information content (AvgIpc) is 2.69. The molecule has 4 nitrogen and oxygen atoms in total. The van der Waals surface area contributed by atoms with Crippen LogP contribution in [-0.4, -0.2) is 59.5 Å². The molecule has 16 heavy (non-hydrogen) atoms. The topological polar surface area (TPSA) is 55.7 Å². The van der Waals surface area contributed by atoms with E-state index in [0.717, 1.165) is 32.5 Å². The van der Waals surface area contributed by atoms with Gasteiger partial charge in [0.2, 0.25) is 0 Å². The molecule has 0 bridgehead atoms. The summed E-state index contributed by atoms with van der Waals surface area (Å²) in [5.74, 6) is 0. The lowest BCUT2D eigenvalue weighted by Crippen LogP contribution is -2.56. The summed E-state index contributed by atoms with van der Waals surface area (Å²) < 4.78 is 0. The molecule has 1 heterocycles. The quantitative estimate of drug-likeness (QED) is 0.596. The maximum Gasteiger partial charge on any atom is 0.0791 e. The van der Waals surface area contributed by atoms with E-state index in [2.05, 4.69) is 10.2 Å². The normalized spacial score (nSPS) is 26.6. The summed E-state index contributed by atoms with van der Waals surface area (Å²) >= 11 is 0. The van der Waals surface area contributed by atoms with Crippen molar-refractivity contribution in [3.63, 3.8) is 0 Å². The van der Waals surface area contributed by atoms with Crippen LogP contribution in [0, 0.1) is 0 Å². The van der Waals surface area contributed by atoms with E-state index in [1.54, 1.807) is 0 Å². The largest absolute Gasteiger partial charge is 0.394 e. The third-order valence-corrected chi connectivity index (χ3v) is 3.99. The molecule has 2 aliphatic rings. The Morgan fingerprint density at radius 3 is 2.38 bits per heavy atom. The summed E-state index contributed by atoms with van der Waals surface area (Å²) in [6.07, 6.45) is 5.50. The molecule has 0 radical (unpaired) electrons. The van der Waals surface area contributed by atoms with Crippen LogP contribution in [0.1, 0.15) is 32.1 Å². The Labute approximate surface area is 97.6 Å². The van der Waals surface area contributed by atoms with Crippen LogP contribution in [0.15, 0.2) is 0 Å². The van der Waals surface area contributed by atoms with Gasteiger partial charge in [-0.25, -0.2) is 0 Å². The predicted molar refractivity (Wildman–Crippen MR) is 63.4 cm³/mol. The molecule has 0 aromatic heterocycles. The van der Waals surface area contributed by atoms with Gasteiger partial charge < -0.3 is 20.4 Å². The summed E-state index contributed by atoms with van der Waals surface area (Å²) in [5, 5.41) is 22.5. The lowest BCUT2D eigenvalue weighted by atomic mass is 9.77. The van der Waals surface area contributed by atoms with E-state index < -0.39 is 0 Å². The summed E-state index contributed by atoms with van der Waals surface area (Å²) in [7, 11) is 0. The molecule has 4 heteroatoms. The van der Waals surface area contributed by atoms with Crippen LogP contribution in [0.3, 0.4) is 0 Å². The summed E-state index contributed by atoms with van der Waals surface area (Å²) in [6.45, 7) is 3.83. The second kappa shape index (κ2) is 5.45. The van der Waals surface area contributed by atoms with Crippen molar-refractivity contribution in [3.8, 4) is 0 Å². The lowest BCUT2D eigenvalue weighted by molar-refractivity contribution is 0.0597. The second-order valence-corrected chi connectivity index (χ2v) is 5.33. The number of nitrogens with one attached hydrogen (secondary N) is 1. The van der Waals surface area contributed by atoms with Crippen molar-refractivity contribution in [2.45, 2.75) is 43.7 Å². The first kappa shape index (κ1) is 12.3. The fraction of sp³-hybridized carbons (Fsp3) is 1.00. The van der Waals surface area contributed by atoms with Gasteiger partial charge >= 0.3 is 0 Å².